The van der Waals surface area contributed by atoms with Gasteiger partial charge in [-0.1, -0.05) is 30.3 Å². The normalized spacial score (nSPS) is 24.8. The Morgan fingerprint density at radius 3 is 2.76 bits per heavy atom. The number of carbonyl (C=O) groups is 1. The van der Waals surface area contributed by atoms with E-state index in [1.807, 2.05) is 18.2 Å². The largest absolute Gasteiger partial charge is 0.396 e. The van der Waals surface area contributed by atoms with Gasteiger partial charge in [-0.25, -0.2) is 0 Å². The molecule has 1 aliphatic heterocycles. The molecule has 1 amide bonds. The van der Waals surface area contributed by atoms with Crippen LogP contribution in [0.15, 0.2) is 30.3 Å². The van der Waals surface area contributed by atoms with E-state index >= 15 is 0 Å². The minimum Gasteiger partial charge on any atom is -0.396 e. The molecule has 2 N–H and O–H groups in total. The number of benzene rings is 1. The van der Waals surface area contributed by atoms with Crippen molar-refractivity contribution < 1.29 is 9.90 Å². The van der Waals surface area contributed by atoms with Gasteiger partial charge in [-0.05, 0) is 5.56 Å². The first-order chi connectivity index (χ1) is 8.33. The highest BCUT2D eigenvalue weighted by atomic mass is 16.3. The Labute approximate surface area is 101 Å². The second kappa shape index (κ2) is 5.80. The summed E-state index contributed by atoms with van der Waals surface area (Å²) in [7, 11) is 0. The van der Waals surface area contributed by atoms with Crippen molar-refractivity contribution in [3.8, 4) is 0 Å². The molecule has 0 saturated carbocycles. The fraction of sp³-hybridized carbons (Fsp3) is 0.462. The molecular weight excluding hydrogens is 216 g/mol. The number of amides is 1. The van der Waals surface area contributed by atoms with Gasteiger partial charge in [0, 0.05) is 38.2 Å². The molecule has 0 aromatic heterocycles. The van der Waals surface area contributed by atoms with Crippen molar-refractivity contribution >= 4 is 6.41 Å². The third kappa shape index (κ3) is 3.05. The van der Waals surface area contributed by atoms with Gasteiger partial charge in [-0.2, -0.15) is 0 Å². The van der Waals surface area contributed by atoms with Crippen molar-refractivity contribution in [1.82, 2.24) is 10.2 Å². The third-order valence-corrected chi connectivity index (χ3v) is 3.28. The molecule has 4 nitrogen and oxygen atoms in total. The van der Waals surface area contributed by atoms with E-state index in [1.54, 1.807) is 0 Å². The van der Waals surface area contributed by atoms with Gasteiger partial charge in [0.15, 0.2) is 0 Å². The zero-order chi connectivity index (χ0) is 12.1. The molecule has 1 fully saturated rings. The lowest BCUT2D eigenvalue weighted by atomic mass is 10.1. The molecule has 1 aromatic carbocycles. The molecule has 17 heavy (non-hydrogen) atoms. The van der Waals surface area contributed by atoms with Crippen LogP contribution in [-0.4, -0.2) is 42.2 Å². The minimum atomic E-state index is 0.0706. The van der Waals surface area contributed by atoms with Gasteiger partial charge in [-0.3, -0.25) is 9.69 Å². The molecule has 2 rings (SSSR count). The summed E-state index contributed by atoms with van der Waals surface area (Å²) in [5.74, 6) is 0.143. The van der Waals surface area contributed by atoms with E-state index in [0.29, 0.717) is 0 Å². The molecule has 1 heterocycles. The minimum absolute atomic E-state index is 0.0706. The van der Waals surface area contributed by atoms with E-state index in [1.165, 1.54) is 5.56 Å². The van der Waals surface area contributed by atoms with Crippen LogP contribution in [0.25, 0.3) is 0 Å². The summed E-state index contributed by atoms with van der Waals surface area (Å²) in [6.07, 6.45) is 0.722. The number of hydrogen-bond donors (Lipinski definition) is 2. The van der Waals surface area contributed by atoms with Crippen LogP contribution in [0.3, 0.4) is 0 Å². The van der Waals surface area contributed by atoms with E-state index in [2.05, 4.69) is 22.3 Å². The lowest BCUT2D eigenvalue weighted by molar-refractivity contribution is -0.110. The predicted octanol–water partition coefficient (Wildman–Crippen LogP) is 0.225. The molecule has 92 valence electrons. The van der Waals surface area contributed by atoms with Crippen molar-refractivity contribution in [3.05, 3.63) is 35.9 Å². The fourth-order valence-electron chi connectivity index (χ4n) is 2.39. The van der Waals surface area contributed by atoms with Gasteiger partial charge >= 0.3 is 0 Å². The van der Waals surface area contributed by atoms with Crippen molar-refractivity contribution in [2.24, 2.45) is 5.92 Å². The van der Waals surface area contributed by atoms with Crippen LogP contribution in [0.2, 0.25) is 0 Å². The number of aliphatic hydroxyl groups excluding tert-OH is 1. The smallest absolute Gasteiger partial charge is 0.207 e. The maximum atomic E-state index is 10.5. The van der Waals surface area contributed by atoms with E-state index < -0.39 is 0 Å². The molecule has 1 aliphatic rings. The molecular formula is C13H18N2O2. The molecule has 1 aromatic rings. The van der Waals surface area contributed by atoms with Gasteiger partial charge in [0.2, 0.25) is 6.41 Å². The second-order valence-corrected chi connectivity index (χ2v) is 4.51. The molecule has 0 spiro atoms. The maximum absolute atomic E-state index is 10.5. The predicted molar refractivity (Wildman–Crippen MR) is 65.3 cm³/mol. The van der Waals surface area contributed by atoms with Gasteiger partial charge in [0.05, 0.1) is 0 Å². The van der Waals surface area contributed by atoms with Gasteiger partial charge in [0.25, 0.3) is 0 Å². The Hall–Kier alpha value is -1.39. The molecule has 0 radical (unpaired) electrons. The second-order valence-electron chi connectivity index (χ2n) is 4.51. The van der Waals surface area contributed by atoms with Crippen LogP contribution in [0, 0.1) is 5.92 Å². The Morgan fingerprint density at radius 1 is 1.35 bits per heavy atom. The van der Waals surface area contributed by atoms with Crippen LogP contribution in [0.1, 0.15) is 5.56 Å². The number of carbonyl (C=O) groups excluding carboxylic acids is 1. The van der Waals surface area contributed by atoms with E-state index in [9.17, 15) is 9.90 Å². The van der Waals surface area contributed by atoms with E-state index in [0.717, 1.165) is 26.0 Å². The van der Waals surface area contributed by atoms with Crippen LogP contribution in [0.5, 0.6) is 0 Å². The number of hydrogen-bond acceptors (Lipinski definition) is 3. The number of likely N-dealkylation sites (tertiary alicyclic amines) is 1. The number of nitrogens with one attached hydrogen (secondary N) is 1. The first-order valence-electron chi connectivity index (χ1n) is 5.90. The van der Waals surface area contributed by atoms with Gasteiger partial charge in [-0.15, -0.1) is 0 Å². The molecule has 4 heteroatoms. The molecule has 0 unspecified atom stereocenters. The first-order valence-corrected chi connectivity index (χ1v) is 5.90. The maximum Gasteiger partial charge on any atom is 0.207 e. The molecule has 1 saturated heterocycles. The average molecular weight is 234 g/mol. The van der Waals surface area contributed by atoms with E-state index in [4.69, 9.17) is 0 Å². The van der Waals surface area contributed by atoms with Crippen LogP contribution >= 0.6 is 0 Å². The Morgan fingerprint density at radius 2 is 2.12 bits per heavy atom. The molecule has 0 bridgehead atoms. The SMILES string of the molecule is O=CN[C@H]1CN(Cc2ccccc2)C[C@@H]1CO. The van der Waals surface area contributed by atoms with Crippen LogP contribution < -0.4 is 5.32 Å². The monoisotopic (exact) mass is 234 g/mol. The Kier molecular flexibility index (Phi) is 4.12. The van der Waals surface area contributed by atoms with Crippen molar-refractivity contribution in [1.29, 1.82) is 0 Å². The van der Waals surface area contributed by atoms with Gasteiger partial charge < -0.3 is 10.4 Å². The standard InChI is InChI=1S/C13H18N2O2/c16-9-12-7-15(8-13(12)14-10-17)6-11-4-2-1-3-5-11/h1-5,10,12-13,16H,6-9H2,(H,14,17)/t12-,13+/m1/s1. The summed E-state index contributed by atoms with van der Waals surface area (Å²) in [6, 6.07) is 10.3. The zero-order valence-electron chi connectivity index (χ0n) is 9.75. The van der Waals surface area contributed by atoms with Crippen molar-refractivity contribution in [2.75, 3.05) is 19.7 Å². The fourth-order valence-corrected chi connectivity index (χ4v) is 2.39. The topological polar surface area (TPSA) is 52.6 Å². The third-order valence-electron chi connectivity index (χ3n) is 3.28. The number of aliphatic hydroxyl groups is 1. The summed E-state index contributed by atoms with van der Waals surface area (Å²) >= 11 is 0. The summed E-state index contributed by atoms with van der Waals surface area (Å²) in [5.41, 5.74) is 1.26. The first kappa shape index (κ1) is 12.1. The molecule has 2 atom stereocenters. The van der Waals surface area contributed by atoms with Crippen molar-refractivity contribution in [3.63, 3.8) is 0 Å². The zero-order valence-corrected chi connectivity index (χ0v) is 9.75. The van der Waals surface area contributed by atoms with E-state index in [-0.39, 0.29) is 18.6 Å². The van der Waals surface area contributed by atoms with Crippen LogP contribution in [0.4, 0.5) is 0 Å². The molecule has 0 aliphatic carbocycles. The quantitative estimate of drug-likeness (QED) is 0.717. The highest BCUT2D eigenvalue weighted by Gasteiger charge is 2.31. The lowest BCUT2D eigenvalue weighted by Gasteiger charge is -2.15. The summed E-state index contributed by atoms with van der Waals surface area (Å²) in [6.45, 7) is 2.63. The lowest BCUT2D eigenvalue weighted by Crippen LogP contribution is -2.36. The average Bonchev–Trinajstić information content (AvgIpc) is 2.73. The highest BCUT2D eigenvalue weighted by Crippen LogP contribution is 2.18. The van der Waals surface area contributed by atoms with Crippen LogP contribution in [-0.2, 0) is 11.3 Å². The Balaban J connectivity index is 1.93. The summed E-state index contributed by atoms with van der Waals surface area (Å²) in [4.78, 5) is 12.7. The van der Waals surface area contributed by atoms with Crippen molar-refractivity contribution in [2.45, 2.75) is 12.6 Å². The Bertz CT molecular complexity index is 356. The summed E-state index contributed by atoms with van der Waals surface area (Å²) in [5, 5.41) is 12.0. The van der Waals surface area contributed by atoms with Gasteiger partial charge in [0.1, 0.15) is 0 Å². The number of nitrogens with zero attached hydrogens (tertiary/aromatic N) is 1. The summed E-state index contributed by atoms with van der Waals surface area (Å²) < 4.78 is 0. The number of rotatable bonds is 5. The highest BCUT2D eigenvalue weighted by molar-refractivity contribution is 5.47.